The molecule has 0 bridgehead atoms. The molecule has 0 fully saturated rings. The molecule has 6 nitrogen and oxygen atoms in total. The number of hydrogen-bond donors (Lipinski definition) is 0. The Bertz CT molecular complexity index is 1640. The van der Waals surface area contributed by atoms with Gasteiger partial charge in [-0.1, -0.05) is 290 Å². The third-order valence-electron chi connectivity index (χ3n) is 14.0. The molecule has 0 N–H and O–H groups in total. The van der Waals surface area contributed by atoms with Crippen molar-refractivity contribution in [3.63, 3.8) is 0 Å². The molecule has 0 radical (unpaired) electrons. The third kappa shape index (κ3) is 64.5. The Hall–Kier alpha value is -4.19. The van der Waals surface area contributed by atoms with E-state index >= 15 is 0 Å². The highest BCUT2D eigenvalue weighted by atomic mass is 16.6. The molecule has 1 unspecified atom stereocenters. The zero-order valence-corrected chi connectivity index (χ0v) is 51.6. The van der Waals surface area contributed by atoms with Crippen LogP contribution in [0.4, 0.5) is 0 Å². The van der Waals surface area contributed by atoms with Gasteiger partial charge in [0, 0.05) is 19.3 Å². The number of ether oxygens (including phenoxy) is 3. The zero-order valence-electron chi connectivity index (χ0n) is 51.6. The Morgan fingerprint density at radius 1 is 0.266 bits per heavy atom. The predicted molar refractivity (Wildman–Crippen MR) is 343 cm³/mol. The van der Waals surface area contributed by atoms with Crippen LogP contribution in [0.15, 0.2) is 122 Å². The van der Waals surface area contributed by atoms with E-state index < -0.39 is 6.10 Å². The number of carbonyl (C=O) groups is 3. The van der Waals surface area contributed by atoms with Crippen LogP contribution in [-0.2, 0) is 28.6 Å². The lowest BCUT2D eigenvalue weighted by molar-refractivity contribution is -0.167. The van der Waals surface area contributed by atoms with E-state index in [1.165, 1.54) is 116 Å². The molecule has 0 saturated heterocycles. The van der Waals surface area contributed by atoms with Gasteiger partial charge in [0.15, 0.2) is 6.10 Å². The summed E-state index contributed by atoms with van der Waals surface area (Å²) in [5.41, 5.74) is 0. The second kappa shape index (κ2) is 66.3. The molecule has 0 amide bonds. The number of carbonyl (C=O) groups excluding carboxylic acids is 3. The Balaban J connectivity index is 4.31. The van der Waals surface area contributed by atoms with Crippen LogP contribution >= 0.6 is 0 Å². The molecule has 0 aliphatic rings. The van der Waals surface area contributed by atoms with Gasteiger partial charge in [0.25, 0.3) is 0 Å². The first kappa shape index (κ1) is 74.8. The lowest BCUT2D eigenvalue weighted by Crippen LogP contribution is -2.30. The minimum atomic E-state index is -0.792. The van der Waals surface area contributed by atoms with Crippen molar-refractivity contribution in [2.24, 2.45) is 0 Å². The van der Waals surface area contributed by atoms with Crippen LogP contribution in [0.2, 0.25) is 0 Å². The fourth-order valence-electron chi connectivity index (χ4n) is 9.02. The number of unbranched alkanes of at least 4 members (excludes halogenated alkanes) is 28. The van der Waals surface area contributed by atoms with Gasteiger partial charge in [-0.05, 0) is 116 Å². The van der Waals surface area contributed by atoms with Crippen LogP contribution in [0.3, 0.4) is 0 Å². The molecule has 6 heteroatoms. The maximum Gasteiger partial charge on any atom is 0.306 e. The average Bonchev–Trinajstić information content (AvgIpc) is 3.45. The summed E-state index contributed by atoms with van der Waals surface area (Å²) < 4.78 is 16.9. The van der Waals surface area contributed by atoms with Gasteiger partial charge in [-0.2, -0.15) is 0 Å². The first-order chi connectivity index (χ1) is 39.0. The summed E-state index contributed by atoms with van der Waals surface area (Å²) in [5.74, 6) is -0.908. The Morgan fingerprint density at radius 2 is 0.494 bits per heavy atom. The minimum Gasteiger partial charge on any atom is -0.462 e. The number of esters is 3. The van der Waals surface area contributed by atoms with Gasteiger partial charge < -0.3 is 14.2 Å². The summed E-state index contributed by atoms with van der Waals surface area (Å²) in [7, 11) is 0. The summed E-state index contributed by atoms with van der Waals surface area (Å²) >= 11 is 0. The summed E-state index contributed by atoms with van der Waals surface area (Å²) in [4.78, 5) is 38.3. The topological polar surface area (TPSA) is 78.9 Å². The van der Waals surface area contributed by atoms with Crippen molar-refractivity contribution >= 4 is 17.9 Å². The number of hydrogen-bond acceptors (Lipinski definition) is 6. The average molecular weight is 1100 g/mol. The monoisotopic (exact) mass is 1090 g/mol. The van der Waals surface area contributed by atoms with Crippen molar-refractivity contribution in [2.75, 3.05) is 13.2 Å². The molecule has 0 aromatic heterocycles. The molecule has 1 atom stereocenters. The fraction of sp³-hybridized carbons (Fsp3) is 0.685. The van der Waals surface area contributed by atoms with Gasteiger partial charge >= 0.3 is 17.9 Å². The molecule has 0 aromatic rings. The van der Waals surface area contributed by atoms with E-state index in [2.05, 4.69) is 142 Å². The van der Waals surface area contributed by atoms with Crippen molar-refractivity contribution in [1.29, 1.82) is 0 Å². The summed E-state index contributed by atoms with van der Waals surface area (Å²) in [6.45, 7) is 6.51. The van der Waals surface area contributed by atoms with Crippen LogP contribution in [0.1, 0.15) is 303 Å². The fourth-order valence-corrected chi connectivity index (χ4v) is 9.02. The second-order valence-electron chi connectivity index (χ2n) is 21.6. The zero-order chi connectivity index (χ0) is 57.1. The minimum absolute atomic E-state index is 0.0862. The summed E-state index contributed by atoms with van der Waals surface area (Å²) in [5, 5.41) is 0. The van der Waals surface area contributed by atoms with Gasteiger partial charge in [-0.15, -0.1) is 0 Å². The third-order valence-corrected chi connectivity index (χ3v) is 14.0. The molecule has 0 heterocycles. The molecule has 0 spiro atoms. The largest absolute Gasteiger partial charge is 0.462 e. The number of allylic oxidation sites excluding steroid dienone is 20. The second-order valence-corrected chi connectivity index (χ2v) is 21.6. The van der Waals surface area contributed by atoms with Gasteiger partial charge in [0.05, 0.1) is 0 Å². The van der Waals surface area contributed by atoms with E-state index in [9.17, 15) is 14.4 Å². The quantitative estimate of drug-likeness (QED) is 0.0261. The standard InChI is InChI=1S/C73H122O6/c1-4-7-10-13-16-19-22-25-27-28-29-30-31-32-33-34-35-36-37-38-39-40-41-42-43-44-46-48-51-54-57-60-63-66-72(75)78-69-70(68-77-71(74)65-62-59-56-53-50-47-24-21-18-15-12-9-6-3)79-73(76)67-64-61-58-55-52-49-45-26-23-20-17-14-11-8-5-2/h7,10,16,19,25-27,29-30,32-33,35-36,38-39,41-42,44-46,70H,4-6,8-9,11-15,17-18,20-24,28,31,34,37,40,43,47-69H2,1-3H3/b10-7-,19-16-,27-25-,30-29-,33-32-,36-35-,39-38-,42-41-,45-26-,46-44-. The van der Waals surface area contributed by atoms with Gasteiger partial charge in [0.2, 0.25) is 0 Å². The Kier molecular flexibility index (Phi) is 62.8. The lowest BCUT2D eigenvalue weighted by Gasteiger charge is -2.18. The van der Waals surface area contributed by atoms with E-state index in [4.69, 9.17) is 14.2 Å². The van der Waals surface area contributed by atoms with Gasteiger partial charge in [-0.3, -0.25) is 14.4 Å². The SMILES string of the molecule is CC/C=C\C/C=C\C/C=C\C/C=C\C/C=C\C/C=C\C/C=C\C/C=C\C/C=C\CCCCCCCC(=O)OCC(COC(=O)CCCCCCCCCCCCCCC)OC(=O)CCCCCCC/C=C\CCCCCCCC. The van der Waals surface area contributed by atoms with Crippen LogP contribution in [0, 0.1) is 0 Å². The highest BCUT2D eigenvalue weighted by molar-refractivity contribution is 5.71. The van der Waals surface area contributed by atoms with Crippen LogP contribution < -0.4 is 0 Å². The van der Waals surface area contributed by atoms with Crippen LogP contribution in [-0.4, -0.2) is 37.2 Å². The van der Waals surface area contributed by atoms with E-state index in [-0.39, 0.29) is 31.1 Å². The van der Waals surface area contributed by atoms with E-state index in [0.29, 0.717) is 19.3 Å². The highest BCUT2D eigenvalue weighted by Gasteiger charge is 2.19. The molecular formula is C73H122O6. The van der Waals surface area contributed by atoms with Gasteiger partial charge in [-0.25, -0.2) is 0 Å². The highest BCUT2D eigenvalue weighted by Crippen LogP contribution is 2.16. The van der Waals surface area contributed by atoms with Crippen molar-refractivity contribution in [3.8, 4) is 0 Å². The first-order valence-electron chi connectivity index (χ1n) is 33.0. The maximum atomic E-state index is 12.9. The molecule has 0 rings (SSSR count). The van der Waals surface area contributed by atoms with Crippen LogP contribution in [0.25, 0.3) is 0 Å². The molecule has 0 aliphatic heterocycles. The molecule has 0 aromatic carbocycles. The van der Waals surface area contributed by atoms with Crippen molar-refractivity contribution in [1.82, 2.24) is 0 Å². The van der Waals surface area contributed by atoms with Crippen molar-refractivity contribution in [2.45, 2.75) is 309 Å². The summed E-state index contributed by atoms with van der Waals surface area (Å²) in [6.07, 6.45) is 92.1. The predicted octanol–water partition coefficient (Wildman–Crippen LogP) is 22.8. The molecule has 450 valence electrons. The molecule has 0 saturated carbocycles. The smallest absolute Gasteiger partial charge is 0.306 e. The maximum absolute atomic E-state index is 12.9. The van der Waals surface area contributed by atoms with Gasteiger partial charge in [0.1, 0.15) is 13.2 Å². The lowest BCUT2D eigenvalue weighted by atomic mass is 10.0. The van der Waals surface area contributed by atoms with Crippen LogP contribution in [0.5, 0.6) is 0 Å². The van der Waals surface area contributed by atoms with E-state index in [1.807, 2.05) is 0 Å². The Morgan fingerprint density at radius 3 is 0.785 bits per heavy atom. The van der Waals surface area contributed by atoms with E-state index in [0.717, 1.165) is 148 Å². The number of rotatable bonds is 59. The van der Waals surface area contributed by atoms with Crippen molar-refractivity contribution in [3.05, 3.63) is 122 Å². The van der Waals surface area contributed by atoms with E-state index in [1.54, 1.807) is 0 Å². The normalized spacial score (nSPS) is 12.9. The molecule has 0 aliphatic carbocycles. The summed E-state index contributed by atoms with van der Waals surface area (Å²) in [6, 6.07) is 0. The first-order valence-corrected chi connectivity index (χ1v) is 33.0. The molecule has 79 heavy (non-hydrogen) atoms. The Labute approximate surface area is 488 Å². The molecular weight excluding hydrogens is 973 g/mol. The van der Waals surface area contributed by atoms with Crippen molar-refractivity contribution < 1.29 is 28.6 Å².